The molecule has 1 fully saturated rings. The third-order valence-electron chi connectivity index (χ3n) is 5.49. The average molecular weight is 283 g/mol. The van der Waals surface area contributed by atoms with E-state index < -0.39 is 0 Å². The summed E-state index contributed by atoms with van der Waals surface area (Å²) in [6, 6.07) is 0. The molecule has 1 rings (SSSR count). The molecule has 0 aromatic heterocycles. The molecule has 4 nitrogen and oxygen atoms in total. The Morgan fingerprint density at radius 1 is 1.25 bits per heavy atom. The number of hydrogen-bond donors (Lipinski definition) is 2. The zero-order valence-electron chi connectivity index (χ0n) is 13.8. The largest absolute Gasteiger partial charge is 0.409 e. The molecule has 0 saturated carbocycles. The van der Waals surface area contributed by atoms with E-state index in [1.165, 1.54) is 38.8 Å². The van der Waals surface area contributed by atoms with Gasteiger partial charge in [-0.2, -0.15) is 0 Å². The second-order valence-corrected chi connectivity index (χ2v) is 7.02. The lowest BCUT2D eigenvalue weighted by Crippen LogP contribution is -2.40. The van der Waals surface area contributed by atoms with E-state index in [0.29, 0.717) is 11.3 Å². The van der Waals surface area contributed by atoms with Gasteiger partial charge in [0.25, 0.3) is 0 Å². The number of rotatable bonds is 7. The number of nitrogens with zero attached hydrogens (tertiary/aromatic N) is 2. The Morgan fingerprint density at radius 2 is 1.80 bits per heavy atom. The van der Waals surface area contributed by atoms with Crippen LogP contribution in [-0.4, -0.2) is 35.6 Å². The summed E-state index contributed by atoms with van der Waals surface area (Å²) in [4.78, 5) is 2.58. The summed E-state index contributed by atoms with van der Waals surface area (Å²) in [6.45, 7) is 12.3. The molecule has 0 aliphatic carbocycles. The van der Waals surface area contributed by atoms with Crippen molar-refractivity contribution in [2.45, 2.75) is 66.2 Å². The van der Waals surface area contributed by atoms with Crippen LogP contribution in [-0.2, 0) is 0 Å². The summed E-state index contributed by atoms with van der Waals surface area (Å²) < 4.78 is 0. The molecule has 1 saturated heterocycles. The summed E-state index contributed by atoms with van der Waals surface area (Å²) in [5.41, 5.74) is 6.12. The van der Waals surface area contributed by atoms with Gasteiger partial charge in [-0.15, -0.1) is 0 Å². The molecule has 118 valence electrons. The van der Waals surface area contributed by atoms with E-state index in [-0.39, 0.29) is 5.41 Å². The lowest BCUT2D eigenvalue weighted by molar-refractivity contribution is 0.0930. The maximum Gasteiger partial charge on any atom is 0.144 e. The smallest absolute Gasteiger partial charge is 0.144 e. The van der Waals surface area contributed by atoms with Crippen LogP contribution in [0.5, 0.6) is 0 Å². The van der Waals surface area contributed by atoms with Crippen molar-refractivity contribution in [1.82, 2.24) is 4.90 Å². The monoisotopic (exact) mass is 283 g/mol. The molecule has 0 atom stereocenters. The Bertz CT molecular complexity index is 312. The fraction of sp³-hybridized carbons (Fsp3) is 0.938. The van der Waals surface area contributed by atoms with Crippen LogP contribution in [0.15, 0.2) is 5.16 Å². The molecule has 0 spiro atoms. The summed E-state index contributed by atoms with van der Waals surface area (Å²) in [5, 5.41) is 11.9. The zero-order valence-corrected chi connectivity index (χ0v) is 13.8. The van der Waals surface area contributed by atoms with Gasteiger partial charge in [0.1, 0.15) is 5.84 Å². The highest BCUT2D eigenvalue weighted by Gasteiger charge is 2.31. The van der Waals surface area contributed by atoms with Gasteiger partial charge in [-0.05, 0) is 50.7 Å². The Morgan fingerprint density at radius 3 is 2.25 bits per heavy atom. The van der Waals surface area contributed by atoms with Gasteiger partial charge < -0.3 is 15.8 Å². The molecule has 0 unspecified atom stereocenters. The first-order valence-electron chi connectivity index (χ1n) is 8.09. The Hall–Kier alpha value is -0.770. The van der Waals surface area contributed by atoms with Crippen LogP contribution in [0.2, 0.25) is 0 Å². The van der Waals surface area contributed by atoms with Crippen LogP contribution in [0.1, 0.15) is 66.2 Å². The van der Waals surface area contributed by atoms with E-state index in [0.717, 1.165) is 19.4 Å². The topological polar surface area (TPSA) is 61.8 Å². The van der Waals surface area contributed by atoms with Crippen molar-refractivity contribution in [2.75, 3.05) is 19.6 Å². The van der Waals surface area contributed by atoms with Crippen molar-refractivity contribution in [3.8, 4) is 0 Å². The van der Waals surface area contributed by atoms with Crippen molar-refractivity contribution in [3.05, 3.63) is 0 Å². The van der Waals surface area contributed by atoms with E-state index in [4.69, 9.17) is 10.9 Å². The van der Waals surface area contributed by atoms with Crippen molar-refractivity contribution in [1.29, 1.82) is 0 Å². The molecule has 20 heavy (non-hydrogen) atoms. The fourth-order valence-corrected chi connectivity index (χ4v) is 3.22. The standard InChI is InChI=1S/C16H33N3O/c1-5-16(6-2)9-12-19(13-10-16)11-7-8-15(3,4)14(17)18-20/h20H,5-13H2,1-4H3,(H2,17,18). The van der Waals surface area contributed by atoms with Crippen LogP contribution in [0.25, 0.3) is 0 Å². The Labute approximate surface area is 124 Å². The number of piperidine rings is 1. The van der Waals surface area contributed by atoms with E-state index in [2.05, 4.69) is 23.9 Å². The molecule has 0 bridgehead atoms. The summed E-state index contributed by atoms with van der Waals surface area (Å²) in [6.07, 6.45) is 7.37. The van der Waals surface area contributed by atoms with Crippen LogP contribution in [0.3, 0.4) is 0 Å². The van der Waals surface area contributed by atoms with Gasteiger partial charge in [0, 0.05) is 5.41 Å². The Balaban J connectivity index is 2.32. The molecule has 4 heteroatoms. The molecule has 3 N–H and O–H groups in total. The maximum atomic E-state index is 8.78. The van der Waals surface area contributed by atoms with Crippen LogP contribution in [0.4, 0.5) is 0 Å². The Kier molecular flexibility index (Phi) is 6.31. The number of likely N-dealkylation sites (tertiary alicyclic amines) is 1. The number of oxime groups is 1. The highest BCUT2D eigenvalue weighted by atomic mass is 16.4. The van der Waals surface area contributed by atoms with E-state index in [1.54, 1.807) is 0 Å². The predicted molar refractivity (Wildman–Crippen MR) is 85.1 cm³/mol. The molecular weight excluding hydrogens is 250 g/mol. The summed E-state index contributed by atoms with van der Waals surface area (Å²) >= 11 is 0. The molecule has 0 aromatic carbocycles. The van der Waals surface area contributed by atoms with Crippen molar-refractivity contribution in [2.24, 2.45) is 21.7 Å². The number of nitrogens with two attached hydrogens (primary N) is 1. The summed E-state index contributed by atoms with van der Waals surface area (Å²) in [5.74, 6) is 0.340. The number of hydrogen-bond acceptors (Lipinski definition) is 3. The zero-order chi connectivity index (χ0) is 15.2. The fourth-order valence-electron chi connectivity index (χ4n) is 3.22. The van der Waals surface area contributed by atoms with E-state index in [1.807, 2.05) is 13.8 Å². The third-order valence-corrected chi connectivity index (χ3v) is 5.49. The first kappa shape index (κ1) is 17.3. The second-order valence-electron chi connectivity index (χ2n) is 7.02. The number of amidine groups is 1. The van der Waals surface area contributed by atoms with Crippen LogP contribution < -0.4 is 5.73 Å². The lowest BCUT2D eigenvalue weighted by Gasteiger charge is -2.41. The first-order valence-corrected chi connectivity index (χ1v) is 8.09. The van der Waals surface area contributed by atoms with Gasteiger partial charge >= 0.3 is 0 Å². The molecule has 0 aromatic rings. The molecule has 0 amide bonds. The average Bonchev–Trinajstić information content (AvgIpc) is 2.47. The van der Waals surface area contributed by atoms with Gasteiger partial charge in [0.05, 0.1) is 0 Å². The van der Waals surface area contributed by atoms with Gasteiger partial charge in [-0.3, -0.25) is 0 Å². The quantitative estimate of drug-likeness (QED) is 0.325. The summed E-state index contributed by atoms with van der Waals surface area (Å²) in [7, 11) is 0. The van der Waals surface area contributed by atoms with E-state index in [9.17, 15) is 0 Å². The molecule has 1 heterocycles. The maximum absolute atomic E-state index is 8.78. The van der Waals surface area contributed by atoms with Gasteiger partial charge in [-0.25, -0.2) is 0 Å². The van der Waals surface area contributed by atoms with Crippen molar-refractivity contribution >= 4 is 5.84 Å². The molecule has 1 aliphatic rings. The minimum atomic E-state index is -0.207. The minimum absolute atomic E-state index is 0.207. The highest BCUT2D eigenvalue weighted by molar-refractivity contribution is 5.85. The molecular formula is C16H33N3O. The van der Waals surface area contributed by atoms with E-state index >= 15 is 0 Å². The third kappa shape index (κ3) is 4.37. The van der Waals surface area contributed by atoms with Gasteiger partial charge in [0.2, 0.25) is 0 Å². The minimum Gasteiger partial charge on any atom is -0.409 e. The predicted octanol–water partition coefficient (Wildman–Crippen LogP) is 3.44. The van der Waals surface area contributed by atoms with Crippen molar-refractivity contribution < 1.29 is 5.21 Å². The SMILES string of the molecule is CCC1(CC)CCN(CCCC(C)(C)C(N)=NO)CC1. The molecule has 1 aliphatic heterocycles. The van der Waals surface area contributed by atoms with Crippen LogP contribution in [0, 0.1) is 10.8 Å². The van der Waals surface area contributed by atoms with Crippen LogP contribution >= 0.6 is 0 Å². The second kappa shape index (κ2) is 7.30. The normalized spacial score (nSPS) is 21.1. The molecule has 0 radical (unpaired) electrons. The highest BCUT2D eigenvalue weighted by Crippen LogP contribution is 2.38. The van der Waals surface area contributed by atoms with Crippen molar-refractivity contribution in [3.63, 3.8) is 0 Å². The van der Waals surface area contributed by atoms with Gasteiger partial charge in [0.15, 0.2) is 0 Å². The first-order chi connectivity index (χ1) is 9.39. The van der Waals surface area contributed by atoms with Gasteiger partial charge in [-0.1, -0.05) is 45.7 Å². The lowest BCUT2D eigenvalue weighted by atomic mass is 9.74.